The smallest absolute Gasteiger partial charge is 0.317 e. The van der Waals surface area contributed by atoms with Gasteiger partial charge in [0.05, 0.1) is 12.0 Å². The first-order chi connectivity index (χ1) is 10.6. The molecule has 0 spiro atoms. The predicted molar refractivity (Wildman–Crippen MR) is 77.7 cm³/mol. The highest BCUT2D eigenvalue weighted by Crippen LogP contribution is 2.46. The van der Waals surface area contributed by atoms with Gasteiger partial charge in [-0.3, -0.25) is 14.9 Å². The second kappa shape index (κ2) is 5.48. The van der Waals surface area contributed by atoms with E-state index in [1.165, 1.54) is 19.2 Å². The molecule has 0 saturated heterocycles. The molecule has 0 radical (unpaired) electrons. The molecule has 0 unspecified atom stereocenters. The number of para-hydroxylation sites is 1. The van der Waals surface area contributed by atoms with E-state index in [0.717, 1.165) is 5.56 Å². The van der Waals surface area contributed by atoms with Crippen molar-refractivity contribution in [1.29, 1.82) is 0 Å². The van der Waals surface area contributed by atoms with E-state index in [9.17, 15) is 14.9 Å². The third-order valence-corrected chi connectivity index (χ3v) is 3.68. The van der Waals surface area contributed by atoms with Crippen LogP contribution in [-0.2, 0) is 9.53 Å². The third kappa shape index (κ3) is 2.28. The van der Waals surface area contributed by atoms with Crippen molar-refractivity contribution in [3.63, 3.8) is 0 Å². The van der Waals surface area contributed by atoms with Crippen LogP contribution in [-0.4, -0.2) is 18.0 Å². The molecule has 1 aliphatic heterocycles. The van der Waals surface area contributed by atoms with Crippen LogP contribution >= 0.6 is 0 Å². The number of nitro groups is 1. The number of benzene rings is 2. The molecule has 2 atom stereocenters. The van der Waals surface area contributed by atoms with E-state index in [1.54, 1.807) is 24.3 Å². The van der Waals surface area contributed by atoms with Crippen molar-refractivity contribution < 1.29 is 19.2 Å². The summed E-state index contributed by atoms with van der Waals surface area (Å²) < 4.78 is 10.7. The van der Waals surface area contributed by atoms with Crippen LogP contribution in [0.15, 0.2) is 48.5 Å². The summed E-state index contributed by atoms with van der Waals surface area (Å²) in [6, 6.07) is 13.3. The summed E-state index contributed by atoms with van der Waals surface area (Å²) in [5.41, 5.74) is 1.26. The Morgan fingerprint density at radius 2 is 2.00 bits per heavy atom. The summed E-state index contributed by atoms with van der Waals surface area (Å²) >= 11 is 0. The first kappa shape index (κ1) is 14.1. The van der Waals surface area contributed by atoms with Gasteiger partial charge in [-0.05, 0) is 6.07 Å². The number of fused-ring (bicyclic) bond motifs is 1. The lowest BCUT2D eigenvalue weighted by atomic mass is 9.91. The van der Waals surface area contributed by atoms with Crippen LogP contribution in [0.1, 0.15) is 23.1 Å². The van der Waals surface area contributed by atoms with Crippen molar-refractivity contribution in [2.24, 2.45) is 0 Å². The third-order valence-electron chi connectivity index (χ3n) is 3.68. The standard InChI is InChI=1S/C16H13NO5/c1-21-16(18)14-12-7-2-3-8-13(12)22-15(14)10-5-4-6-11(9-10)17(19)20/h2-9,14-15H,1H3/t14-,15-/m0/s1. The summed E-state index contributed by atoms with van der Waals surface area (Å²) in [5.74, 6) is -0.473. The van der Waals surface area contributed by atoms with Crippen LogP contribution in [0.2, 0.25) is 0 Å². The Morgan fingerprint density at radius 1 is 1.23 bits per heavy atom. The highest BCUT2D eigenvalue weighted by atomic mass is 16.6. The maximum atomic E-state index is 12.1. The molecule has 0 bridgehead atoms. The average molecular weight is 299 g/mol. The maximum Gasteiger partial charge on any atom is 0.317 e. The van der Waals surface area contributed by atoms with Gasteiger partial charge in [0.15, 0.2) is 0 Å². The zero-order valence-corrected chi connectivity index (χ0v) is 11.8. The highest BCUT2D eigenvalue weighted by Gasteiger charge is 2.41. The first-order valence-corrected chi connectivity index (χ1v) is 6.69. The van der Waals surface area contributed by atoms with E-state index in [-0.39, 0.29) is 5.69 Å². The Bertz CT molecular complexity index is 743. The Balaban J connectivity index is 2.05. The van der Waals surface area contributed by atoms with E-state index in [0.29, 0.717) is 11.3 Å². The minimum absolute atomic E-state index is 0.0410. The number of hydrogen-bond acceptors (Lipinski definition) is 5. The summed E-state index contributed by atoms with van der Waals surface area (Å²) in [6.45, 7) is 0. The van der Waals surface area contributed by atoms with Gasteiger partial charge in [-0.25, -0.2) is 0 Å². The van der Waals surface area contributed by atoms with Crippen LogP contribution in [0.25, 0.3) is 0 Å². The number of non-ortho nitro benzene ring substituents is 1. The number of nitrogens with zero attached hydrogens (tertiary/aromatic N) is 1. The number of rotatable bonds is 3. The summed E-state index contributed by atoms with van der Waals surface area (Å²) in [5, 5.41) is 10.9. The van der Waals surface area contributed by atoms with Crippen LogP contribution in [0.3, 0.4) is 0 Å². The molecule has 0 N–H and O–H groups in total. The highest BCUT2D eigenvalue weighted by molar-refractivity contribution is 5.81. The number of hydrogen-bond donors (Lipinski definition) is 0. The minimum Gasteiger partial charge on any atom is -0.484 e. The first-order valence-electron chi connectivity index (χ1n) is 6.69. The van der Waals surface area contributed by atoms with Gasteiger partial charge in [-0.2, -0.15) is 0 Å². The molecule has 2 aromatic carbocycles. The van der Waals surface area contributed by atoms with Crippen molar-refractivity contribution in [3.05, 3.63) is 69.8 Å². The molecule has 1 aliphatic rings. The van der Waals surface area contributed by atoms with Crippen LogP contribution in [0.5, 0.6) is 5.75 Å². The maximum absolute atomic E-state index is 12.1. The predicted octanol–water partition coefficient (Wildman–Crippen LogP) is 2.99. The van der Waals surface area contributed by atoms with E-state index in [1.807, 2.05) is 12.1 Å². The fourth-order valence-corrected chi connectivity index (χ4v) is 2.67. The van der Waals surface area contributed by atoms with Crippen molar-refractivity contribution in [1.82, 2.24) is 0 Å². The molecule has 0 aromatic heterocycles. The van der Waals surface area contributed by atoms with Crippen molar-refractivity contribution in [2.45, 2.75) is 12.0 Å². The van der Waals surface area contributed by atoms with Crippen LogP contribution in [0.4, 0.5) is 5.69 Å². The van der Waals surface area contributed by atoms with Gasteiger partial charge in [0.2, 0.25) is 0 Å². The van der Waals surface area contributed by atoms with Gasteiger partial charge < -0.3 is 9.47 Å². The summed E-state index contributed by atoms with van der Waals surface area (Å²) in [6.07, 6.45) is -0.634. The number of carbonyl (C=O) groups excluding carboxylic acids is 1. The van der Waals surface area contributed by atoms with Crippen molar-refractivity contribution in [3.8, 4) is 5.75 Å². The number of esters is 1. The van der Waals surface area contributed by atoms with Gasteiger partial charge in [0.1, 0.15) is 17.8 Å². The molecule has 22 heavy (non-hydrogen) atoms. The van der Waals surface area contributed by atoms with E-state index >= 15 is 0 Å². The van der Waals surface area contributed by atoms with Crippen molar-refractivity contribution in [2.75, 3.05) is 7.11 Å². The van der Waals surface area contributed by atoms with E-state index in [4.69, 9.17) is 9.47 Å². The van der Waals surface area contributed by atoms with Gasteiger partial charge >= 0.3 is 5.97 Å². The van der Waals surface area contributed by atoms with Gasteiger partial charge in [0.25, 0.3) is 5.69 Å². The molecule has 3 rings (SSSR count). The molecular weight excluding hydrogens is 286 g/mol. The summed E-state index contributed by atoms with van der Waals surface area (Å²) in [7, 11) is 1.31. The minimum atomic E-state index is -0.636. The zero-order valence-electron chi connectivity index (χ0n) is 11.8. The number of ether oxygens (including phenoxy) is 2. The average Bonchev–Trinajstić information content (AvgIpc) is 2.93. The zero-order chi connectivity index (χ0) is 15.7. The molecule has 6 heteroatoms. The molecule has 6 nitrogen and oxygen atoms in total. The lowest BCUT2D eigenvalue weighted by molar-refractivity contribution is -0.385. The molecule has 0 fully saturated rings. The number of nitro benzene ring substituents is 1. The molecule has 0 aliphatic carbocycles. The Labute approximate surface area is 126 Å². The molecule has 0 saturated carbocycles. The fraction of sp³-hybridized carbons (Fsp3) is 0.188. The van der Waals surface area contributed by atoms with E-state index < -0.39 is 22.9 Å². The molecular formula is C16H13NO5. The monoisotopic (exact) mass is 299 g/mol. The second-order valence-electron chi connectivity index (χ2n) is 4.93. The normalized spacial score (nSPS) is 19.1. The Kier molecular flexibility index (Phi) is 3.50. The molecule has 112 valence electrons. The Morgan fingerprint density at radius 3 is 2.73 bits per heavy atom. The number of methoxy groups -OCH3 is 1. The molecule has 0 amide bonds. The van der Waals surface area contributed by atoms with Crippen LogP contribution in [0, 0.1) is 10.1 Å². The van der Waals surface area contributed by atoms with E-state index in [2.05, 4.69) is 0 Å². The fourth-order valence-electron chi connectivity index (χ4n) is 2.67. The molecule has 1 heterocycles. The lowest BCUT2D eigenvalue weighted by Gasteiger charge is -2.17. The Hall–Kier alpha value is -2.89. The van der Waals surface area contributed by atoms with Gasteiger partial charge in [-0.1, -0.05) is 30.3 Å². The lowest BCUT2D eigenvalue weighted by Crippen LogP contribution is -2.20. The van der Waals surface area contributed by atoms with Crippen molar-refractivity contribution >= 4 is 11.7 Å². The largest absolute Gasteiger partial charge is 0.484 e. The quantitative estimate of drug-likeness (QED) is 0.494. The number of carbonyl (C=O) groups is 1. The van der Waals surface area contributed by atoms with Crippen LogP contribution < -0.4 is 4.74 Å². The summed E-state index contributed by atoms with van der Waals surface area (Å²) in [4.78, 5) is 22.6. The van der Waals surface area contributed by atoms with Gasteiger partial charge in [-0.15, -0.1) is 0 Å². The SMILES string of the molecule is COC(=O)[C@H]1c2ccccc2O[C@H]1c1cccc([N+](=O)[O-])c1. The second-order valence-corrected chi connectivity index (χ2v) is 4.93. The molecule has 2 aromatic rings. The topological polar surface area (TPSA) is 78.7 Å². The van der Waals surface area contributed by atoms with Gasteiger partial charge in [0, 0.05) is 23.3 Å².